The van der Waals surface area contributed by atoms with Crippen molar-refractivity contribution < 1.29 is 23.5 Å². The minimum absolute atomic E-state index is 0.163. The van der Waals surface area contributed by atoms with Crippen molar-refractivity contribution in [2.24, 2.45) is 5.92 Å². The molecule has 3 aromatic rings. The van der Waals surface area contributed by atoms with E-state index in [-0.39, 0.29) is 17.9 Å². The lowest BCUT2D eigenvalue weighted by molar-refractivity contribution is -0.137. The summed E-state index contributed by atoms with van der Waals surface area (Å²) in [5.74, 6) is -3.21. The molecule has 0 radical (unpaired) electrons. The molecule has 0 aliphatic carbocycles. The summed E-state index contributed by atoms with van der Waals surface area (Å²) in [5, 5.41) is 16.0. The molecule has 0 saturated heterocycles. The maximum absolute atomic E-state index is 14.7. The Kier molecular flexibility index (Phi) is 6.62. The van der Waals surface area contributed by atoms with E-state index in [9.17, 15) is 23.5 Å². The first-order valence-corrected chi connectivity index (χ1v) is 9.98. The summed E-state index contributed by atoms with van der Waals surface area (Å²) >= 11 is 0. The molecule has 9 heteroatoms. The number of aromatic nitrogens is 3. The van der Waals surface area contributed by atoms with Crippen LogP contribution < -0.4 is 5.32 Å². The van der Waals surface area contributed by atoms with Gasteiger partial charge in [-0.25, -0.2) is 18.3 Å². The zero-order chi connectivity index (χ0) is 22.7. The van der Waals surface area contributed by atoms with Crippen LogP contribution in [0.3, 0.4) is 0 Å². The third-order valence-corrected chi connectivity index (χ3v) is 4.87. The van der Waals surface area contributed by atoms with Crippen LogP contribution in [-0.2, 0) is 9.59 Å². The van der Waals surface area contributed by atoms with E-state index in [1.165, 1.54) is 10.6 Å². The van der Waals surface area contributed by atoms with Crippen molar-refractivity contribution in [2.45, 2.75) is 46.1 Å². The van der Waals surface area contributed by atoms with Gasteiger partial charge in [0.05, 0.1) is 12.5 Å². The number of aryl methyl sites for hydroxylation is 1. The average Bonchev–Trinajstić information content (AvgIpc) is 3.07. The number of nitrogens with zero attached hydrogens (tertiary/aromatic N) is 3. The van der Waals surface area contributed by atoms with E-state index in [4.69, 9.17) is 0 Å². The monoisotopic (exact) mass is 430 g/mol. The minimum atomic E-state index is -1.24. The van der Waals surface area contributed by atoms with E-state index in [0.717, 1.165) is 6.07 Å². The number of aliphatic carboxylic acids is 1. The van der Waals surface area contributed by atoms with Crippen LogP contribution >= 0.6 is 0 Å². The first-order valence-electron chi connectivity index (χ1n) is 9.98. The molecule has 2 aromatic heterocycles. The second kappa shape index (κ2) is 9.20. The molecule has 2 heterocycles. The van der Waals surface area contributed by atoms with Gasteiger partial charge in [0, 0.05) is 23.7 Å². The van der Waals surface area contributed by atoms with Gasteiger partial charge in [0.15, 0.2) is 17.3 Å². The van der Waals surface area contributed by atoms with Gasteiger partial charge < -0.3 is 10.4 Å². The Hall–Kier alpha value is -3.36. The minimum Gasteiger partial charge on any atom is -0.481 e. The maximum atomic E-state index is 14.7. The van der Waals surface area contributed by atoms with Gasteiger partial charge in [-0.2, -0.15) is 5.10 Å². The summed E-state index contributed by atoms with van der Waals surface area (Å²) in [4.78, 5) is 28.0. The first-order chi connectivity index (χ1) is 14.7. The fraction of sp³-hybridized carbons (Fsp3) is 0.364. The van der Waals surface area contributed by atoms with Gasteiger partial charge in [-0.3, -0.25) is 9.59 Å². The number of carboxylic acid groups (broad SMARTS) is 1. The third-order valence-electron chi connectivity index (χ3n) is 4.87. The highest BCUT2D eigenvalue weighted by Gasteiger charge is 2.25. The molecule has 164 valence electrons. The zero-order valence-electron chi connectivity index (χ0n) is 17.5. The van der Waals surface area contributed by atoms with Crippen molar-refractivity contribution in [3.63, 3.8) is 0 Å². The van der Waals surface area contributed by atoms with E-state index >= 15 is 0 Å². The van der Waals surface area contributed by atoms with Crippen LogP contribution in [-0.4, -0.2) is 31.6 Å². The molecule has 31 heavy (non-hydrogen) atoms. The average molecular weight is 430 g/mol. The Labute approximate surface area is 178 Å². The van der Waals surface area contributed by atoms with E-state index in [1.807, 2.05) is 13.8 Å². The van der Waals surface area contributed by atoms with Gasteiger partial charge >= 0.3 is 5.97 Å². The predicted octanol–water partition coefficient (Wildman–Crippen LogP) is 4.05. The van der Waals surface area contributed by atoms with E-state index < -0.39 is 36.0 Å². The molecule has 0 fully saturated rings. The highest BCUT2D eigenvalue weighted by atomic mass is 19.2. The summed E-state index contributed by atoms with van der Waals surface area (Å²) in [6.07, 6.45) is 1.86. The van der Waals surface area contributed by atoms with Gasteiger partial charge in [0.1, 0.15) is 5.82 Å². The van der Waals surface area contributed by atoms with Crippen LogP contribution in [0, 0.1) is 24.5 Å². The Morgan fingerprint density at radius 1 is 1.26 bits per heavy atom. The number of rotatable bonds is 8. The lowest BCUT2D eigenvalue weighted by Crippen LogP contribution is -2.31. The van der Waals surface area contributed by atoms with Crippen LogP contribution in [0.25, 0.3) is 16.8 Å². The number of fused-ring (bicyclic) bond motifs is 1. The molecule has 0 saturated carbocycles. The van der Waals surface area contributed by atoms with Crippen LogP contribution in [0.1, 0.15) is 50.5 Å². The van der Waals surface area contributed by atoms with Gasteiger partial charge in [-0.15, -0.1) is 0 Å². The number of carbonyl (C=O) groups is 2. The van der Waals surface area contributed by atoms with Crippen molar-refractivity contribution in [3.05, 3.63) is 53.5 Å². The predicted molar refractivity (Wildman–Crippen MR) is 110 cm³/mol. The van der Waals surface area contributed by atoms with Crippen molar-refractivity contribution >= 4 is 17.5 Å². The molecular weight excluding hydrogens is 406 g/mol. The molecule has 1 amide bonds. The highest BCUT2D eigenvalue weighted by Crippen LogP contribution is 2.31. The van der Waals surface area contributed by atoms with Crippen molar-refractivity contribution in [2.75, 3.05) is 0 Å². The molecule has 7 nitrogen and oxygen atoms in total. The number of nitrogens with one attached hydrogen (secondary N) is 1. The number of amides is 1. The van der Waals surface area contributed by atoms with Gasteiger partial charge in [0.25, 0.3) is 0 Å². The Morgan fingerprint density at radius 2 is 2.00 bits per heavy atom. The van der Waals surface area contributed by atoms with Crippen LogP contribution in [0.15, 0.2) is 30.5 Å². The number of hydrogen-bond donors (Lipinski definition) is 2. The zero-order valence-corrected chi connectivity index (χ0v) is 17.5. The Bertz CT molecular complexity index is 1130. The largest absolute Gasteiger partial charge is 0.481 e. The van der Waals surface area contributed by atoms with Crippen LogP contribution in [0.5, 0.6) is 0 Å². The van der Waals surface area contributed by atoms with Gasteiger partial charge in [-0.05, 0) is 49.1 Å². The molecular formula is C22H24F2N4O3. The maximum Gasteiger partial charge on any atom is 0.305 e. The fourth-order valence-electron chi connectivity index (χ4n) is 3.36. The SMILES string of the molecule is Cc1nc2c(-c3cc(F)c(F)c([C@H](CC(=O)O)NC(=O)CCC(C)C)c3)cccn2n1. The molecule has 0 aliphatic rings. The summed E-state index contributed by atoms with van der Waals surface area (Å²) < 4.78 is 30.8. The molecule has 1 aromatic carbocycles. The summed E-state index contributed by atoms with van der Waals surface area (Å²) in [5.41, 5.74) is 1.03. The quantitative estimate of drug-likeness (QED) is 0.562. The number of hydrogen-bond acceptors (Lipinski definition) is 4. The van der Waals surface area contributed by atoms with Crippen LogP contribution in [0.4, 0.5) is 8.78 Å². The van der Waals surface area contributed by atoms with Gasteiger partial charge in [0.2, 0.25) is 5.91 Å². The standard InChI is InChI=1S/C22H24F2N4O3/c1-12(2)6-7-19(29)26-18(11-20(30)31)16-9-14(10-17(23)21(16)24)15-5-4-8-28-22(15)25-13(3)27-28/h4-5,8-10,12,18H,6-7,11H2,1-3H3,(H,26,29)(H,30,31)/t18-/m0/s1. The lowest BCUT2D eigenvalue weighted by atomic mass is 9.96. The second-order valence-electron chi connectivity index (χ2n) is 7.86. The normalized spacial score (nSPS) is 12.3. The molecule has 1 atom stereocenters. The van der Waals surface area contributed by atoms with Crippen molar-refractivity contribution in [1.29, 1.82) is 0 Å². The summed E-state index contributed by atoms with van der Waals surface area (Å²) in [6, 6.07) is 4.55. The second-order valence-corrected chi connectivity index (χ2v) is 7.86. The first kappa shape index (κ1) is 22.3. The third kappa shape index (κ3) is 5.22. The van der Waals surface area contributed by atoms with E-state index in [0.29, 0.717) is 29.0 Å². The lowest BCUT2D eigenvalue weighted by Gasteiger charge is -2.20. The van der Waals surface area contributed by atoms with E-state index in [1.54, 1.807) is 25.3 Å². The number of halogens is 2. The molecule has 0 spiro atoms. The number of pyridine rings is 1. The van der Waals surface area contributed by atoms with Gasteiger partial charge in [-0.1, -0.05) is 13.8 Å². The number of benzene rings is 1. The smallest absolute Gasteiger partial charge is 0.305 e. The van der Waals surface area contributed by atoms with Crippen molar-refractivity contribution in [1.82, 2.24) is 19.9 Å². The Balaban J connectivity index is 2.04. The number of carbonyl (C=O) groups excluding carboxylic acids is 1. The number of carboxylic acids is 1. The van der Waals surface area contributed by atoms with Crippen LogP contribution in [0.2, 0.25) is 0 Å². The Morgan fingerprint density at radius 3 is 2.68 bits per heavy atom. The topological polar surface area (TPSA) is 96.6 Å². The molecule has 0 aliphatic heterocycles. The molecule has 0 bridgehead atoms. The van der Waals surface area contributed by atoms with E-state index in [2.05, 4.69) is 15.4 Å². The molecule has 3 rings (SSSR count). The highest BCUT2D eigenvalue weighted by molar-refractivity contribution is 5.80. The molecule has 0 unspecified atom stereocenters. The summed E-state index contributed by atoms with van der Waals surface area (Å²) in [6.45, 7) is 5.61. The fourth-order valence-corrected chi connectivity index (χ4v) is 3.36. The molecule has 2 N–H and O–H groups in total. The summed E-state index contributed by atoms with van der Waals surface area (Å²) in [7, 11) is 0. The van der Waals surface area contributed by atoms with Crippen molar-refractivity contribution in [3.8, 4) is 11.1 Å².